The molecule has 0 fully saturated rings. The highest BCUT2D eigenvalue weighted by Gasteiger charge is 2.23. The van der Waals surface area contributed by atoms with Crippen molar-refractivity contribution < 1.29 is 9.84 Å². The van der Waals surface area contributed by atoms with Gasteiger partial charge in [-0.3, -0.25) is 4.90 Å². The summed E-state index contributed by atoms with van der Waals surface area (Å²) in [6.07, 6.45) is 0. The van der Waals surface area contributed by atoms with Gasteiger partial charge in [-0.2, -0.15) is 0 Å². The lowest BCUT2D eigenvalue weighted by molar-refractivity contribution is 0.0928. The standard InChI is InChI=1S/C14H23BrN2O2/c1-11(16)14(12-3-5-13(15)6-4-12)17(7-9-18)8-10-19-2/h3-6,11,14,18H,7-10,16H2,1-2H3. The summed E-state index contributed by atoms with van der Waals surface area (Å²) in [5.74, 6) is 0. The lowest BCUT2D eigenvalue weighted by atomic mass is 9.99. The smallest absolute Gasteiger partial charge is 0.0589 e. The van der Waals surface area contributed by atoms with Crippen LogP contribution in [-0.4, -0.2) is 49.5 Å². The van der Waals surface area contributed by atoms with Crippen LogP contribution in [0.4, 0.5) is 0 Å². The summed E-state index contributed by atoms with van der Waals surface area (Å²) < 4.78 is 6.18. The van der Waals surface area contributed by atoms with Gasteiger partial charge in [-0.25, -0.2) is 0 Å². The average Bonchev–Trinajstić information content (AvgIpc) is 2.38. The second-order valence-electron chi connectivity index (χ2n) is 4.61. The van der Waals surface area contributed by atoms with Crippen LogP contribution < -0.4 is 5.73 Å². The predicted octanol–water partition coefficient (Wildman–Crippen LogP) is 1.78. The Balaban J connectivity index is 2.92. The molecule has 1 aromatic rings. The summed E-state index contributed by atoms with van der Waals surface area (Å²) in [5, 5.41) is 9.23. The summed E-state index contributed by atoms with van der Waals surface area (Å²) in [6, 6.07) is 8.21. The van der Waals surface area contributed by atoms with Crippen molar-refractivity contribution in [1.82, 2.24) is 4.90 Å². The zero-order valence-corrected chi connectivity index (χ0v) is 13.1. The number of benzene rings is 1. The summed E-state index contributed by atoms with van der Waals surface area (Å²) in [6.45, 7) is 4.07. The number of methoxy groups -OCH3 is 1. The van der Waals surface area contributed by atoms with E-state index >= 15 is 0 Å². The van der Waals surface area contributed by atoms with Crippen LogP contribution in [0.25, 0.3) is 0 Å². The highest BCUT2D eigenvalue weighted by atomic mass is 79.9. The van der Waals surface area contributed by atoms with Crippen molar-refractivity contribution in [2.75, 3.05) is 33.4 Å². The summed E-state index contributed by atoms with van der Waals surface area (Å²) in [7, 11) is 1.68. The minimum atomic E-state index is -0.0235. The van der Waals surface area contributed by atoms with Gasteiger partial charge in [0, 0.05) is 36.8 Å². The van der Waals surface area contributed by atoms with Crippen LogP contribution in [0, 0.1) is 0 Å². The van der Waals surface area contributed by atoms with Crippen molar-refractivity contribution in [1.29, 1.82) is 0 Å². The number of ether oxygens (including phenoxy) is 1. The summed E-state index contributed by atoms with van der Waals surface area (Å²) >= 11 is 3.44. The van der Waals surface area contributed by atoms with Gasteiger partial charge in [0.05, 0.1) is 13.2 Å². The highest BCUT2D eigenvalue weighted by Crippen LogP contribution is 2.24. The first-order chi connectivity index (χ1) is 9.10. The molecule has 2 atom stereocenters. The van der Waals surface area contributed by atoms with E-state index in [0.29, 0.717) is 13.2 Å². The van der Waals surface area contributed by atoms with E-state index in [4.69, 9.17) is 10.5 Å². The Hall–Kier alpha value is -0.460. The van der Waals surface area contributed by atoms with E-state index in [1.165, 1.54) is 0 Å². The van der Waals surface area contributed by atoms with E-state index < -0.39 is 0 Å². The van der Waals surface area contributed by atoms with E-state index in [1.807, 2.05) is 19.1 Å². The number of hydrogen-bond acceptors (Lipinski definition) is 4. The molecule has 0 amide bonds. The van der Waals surface area contributed by atoms with E-state index in [1.54, 1.807) is 7.11 Å². The van der Waals surface area contributed by atoms with Crippen LogP contribution in [0.1, 0.15) is 18.5 Å². The third kappa shape index (κ3) is 5.20. The first-order valence-electron chi connectivity index (χ1n) is 6.45. The lowest BCUT2D eigenvalue weighted by Crippen LogP contribution is -2.42. The minimum Gasteiger partial charge on any atom is -0.395 e. The summed E-state index contributed by atoms with van der Waals surface area (Å²) in [5.41, 5.74) is 7.29. The first-order valence-corrected chi connectivity index (χ1v) is 7.24. The van der Waals surface area contributed by atoms with Crippen LogP contribution in [0.3, 0.4) is 0 Å². The van der Waals surface area contributed by atoms with Gasteiger partial charge in [-0.15, -0.1) is 0 Å². The molecule has 3 N–H and O–H groups in total. The molecule has 0 aliphatic rings. The van der Waals surface area contributed by atoms with E-state index in [-0.39, 0.29) is 18.7 Å². The van der Waals surface area contributed by atoms with Crippen molar-refractivity contribution in [3.8, 4) is 0 Å². The fourth-order valence-corrected chi connectivity index (χ4v) is 2.50. The quantitative estimate of drug-likeness (QED) is 0.762. The Morgan fingerprint density at radius 1 is 1.32 bits per heavy atom. The molecule has 4 nitrogen and oxygen atoms in total. The normalized spacial score (nSPS) is 14.6. The Bertz CT molecular complexity index is 357. The highest BCUT2D eigenvalue weighted by molar-refractivity contribution is 9.10. The fourth-order valence-electron chi connectivity index (χ4n) is 2.23. The van der Waals surface area contributed by atoms with Crippen molar-refractivity contribution in [3.63, 3.8) is 0 Å². The SMILES string of the molecule is COCCN(CCO)C(c1ccc(Br)cc1)C(C)N. The molecule has 108 valence electrons. The molecule has 1 rings (SSSR count). The molecule has 0 aliphatic heterocycles. The van der Waals surface area contributed by atoms with Crippen molar-refractivity contribution in [3.05, 3.63) is 34.3 Å². The van der Waals surface area contributed by atoms with Crippen LogP contribution in [-0.2, 0) is 4.74 Å². The molecule has 0 saturated heterocycles. The van der Waals surface area contributed by atoms with Crippen LogP contribution >= 0.6 is 15.9 Å². The van der Waals surface area contributed by atoms with Crippen molar-refractivity contribution in [2.24, 2.45) is 5.73 Å². The second kappa shape index (κ2) is 8.66. The van der Waals surface area contributed by atoms with Crippen LogP contribution in [0.2, 0.25) is 0 Å². The maximum absolute atomic E-state index is 9.23. The molecule has 0 radical (unpaired) electrons. The third-order valence-electron chi connectivity index (χ3n) is 3.07. The third-order valence-corrected chi connectivity index (χ3v) is 3.60. The second-order valence-corrected chi connectivity index (χ2v) is 5.52. The lowest BCUT2D eigenvalue weighted by Gasteiger charge is -2.34. The Morgan fingerprint density at radius 2 is 1.95 bits per heavy atom. The summed E-state index contributed by atoms with van der Waals surface area (Å²) in [4.78, 5) is 2.16. The maximum Gasteiger partial charge on any atom is 0.0589 e. The van der Waals surface area contributed by atoms with Gasteiger partial charge in [-0.1, -0.05) is 28.1 Å². The zero-order valence-electron chi connectivity index (χ0n) is 11.6. The molecular weight excluding hydrogens is 308 g/mol. The van der Waals surface area contributed by atoms with Crippen molar-refractivity contribution >= 4 is 15.9 Å². The van der Waals surface area contributed by atoms with Crippen molar-refractivity contribution in [2.45, 2.75) is 19.0 Å². The predicted molar refractivity (Wildman–Crippen MR) is 81.1 cm³/mol. The molecule has 0 saturated carbocycles. The van der Waals surface area contributed by atoms with Gasteiger partial charge in [0.2, 0.25) is 0 Å². The van der Waals surface area contributed by atoms with Crippen LogP contribution in [0.15, 0.2) is 28.7 Å². The zero-order chi connectivity index (χ0) is 14.3. The minimum absolute atomic E-state index is 0.0235. The largest absolute Gasteiger partial charge is 0.395 e. The number of aliphatic hydroxyl groups is 1. The van der Waals surface area contributed by atoms with Gasteiger partial charge in [0.25, 0.3) is 0 Å². The van der Waals surface area contributed by atoms with Gasteiger partial charge >= 0.3 is 0 Å². The molecule has 0 aromatic heterocycles. The number of rotatable bonds is 8. The number of hydrogen-bond donors (Lipinski definition) is 2. The molecule has 0 heterocycles. The molecule has 0 spiro atoms. The molecule has 1 aromatic carbocycles. The van der Waals surface area contributed by atoms with E-state index in [2.05, 4.69) is 33.0 Å². The van der Waals surface area contributed by atoms with Crippen LogP contribution in [0.5, 0.6) is 0 Å². The Morgan fingerprint density at radius 3 is 2.42 bits per heavy atom. The van der Waals surface area contributed by atoms with E-state index in [9.17, 15) is 5.11 Å². The molecule has 5 heteroatoms. The number of aliphatic hydroxyl groups excluding tert-OH is 1. The number of nitrogens with two attached hydrogens (primary N) is 1. The topological polar surface area (TPSA) is 58.7 Å². The molecular formula is C14H23BrN2O2. The Kier molecular flexibility index (Phi) is 7.56. The maximum atomic E-state index is 9.23. The molecule has 0 aliphatic carbocycles. The van der Waals surface area contributed by atoms with Gasteiger partial charge < -0.3 is 15.6 Å². The first kappa shape index (κ1) is 16.6. The fraction of sp³-hybridized carbons (Fsp3) is 0.571. The molecule has 2 unspecified atom stereocenters. The molecule has 0 bridgehead atoms. The van der Waals surface area contributed by atoms with E-state index in [0.717, 1.165) is 16.6 Å². The molecule has 19 heavy (non-hydrogen) atoms. The monoisotopic (exact) mass is 330 g/mol. The number of nitrogens with zero attached hydrogens (tertiary/aromatic N) is 1. The average molecular weight is 331 g/mol. The van der Waals surface area contributed by atoms with Gasteiger partial charge in [-0.05, 0) is 24.6 Å². The number of halogens is 1. The van der Waals surface area contributed by atoms with Gasteiger partial charge in [0.1, 0.15) is 0 Å². The Labute approximate surface area is 123 Å². The van der Waals surface area contributed by atoms with Gasteiger partial charge in [0.15, 0.2) is 0 Å².